The second-order valence-electron chi connectivity index (χ2n) is 18.1. The van der Waals surface area contributed by atoms with Gasteiger partial charge in [-0.1, -0.05) is 219 Å². The second kappa shape index (κ2) is 56.4. The van der Waals surface area contributed by atoms with Gasteiger partial charge in [-0.3, -0.25) is 14.4 Å². The van der Waals surface area contributed by atoms with Gasteiger partial charge in [-0.05, 0) is 122 Å². The first kappa shape index (κ1) is 64.8. The van der Waals surface area contributed by atoms with E-state index in [1.165, 1.54) is 77.0 Å². The van der Waals surface area contributed by atoms with Gasteiger partial charge in [0.05, 0.1) is 0 Å². The van der Waals surface area contributed by atoms with Gasteiger partial charge in [0, 0.05) is 19.3 Å². The smallest absolute Gasteiger partial charge is 0.306 e. The molecule has 0 aliphatic carbocycles. The molecule has 0 bridgehead atoms. The number of hydrogen-bond acceptors (Lipinski definition) is 6. The zero-order chi connectivity index (χ0) is 50.0. The van der Waals surface area contributed by atoms with Crippen molar-refractivity contribution in [3.8, 4) is 0 Å². The van der Waals surface area contributed by atoms with Crippen LogP contribution in [0.3, 0.4) is 0 Å². The molecule has 0 spiro atoms. The number of carbonyl (C=O) groups excluding carboxylic acids is 3. The summed E-state index contributed by atoms with van der Waals surface area (Å²) in [5.41, 5.74) is 0. The molecule has 0 amide bonds. The van der Waals surface area contributed by atoms with Gasteiger partial charge in [-0.25, -0.2) is 0 Å². The Bertz CT molecular complexity index is 1470. The van der Waals surface area contributed by atoms with Gasteiger partial charge in [0.15, 0.2) is 6.10 Å². The predicted octanol–water partition coefficient (Wildman–Crippen LogP) is 18.9. The van der Waals surface area contributed by atoms with Gasteiger partial charge >= 0.3 is 17.9 Å². The highest BCUT2D eigenvalue weighted by Gasteiger charge is 2.19. The van der Waals surface area contributed by atoms with E-state index in [0.717, 1.165) is 116 Å². The molecule has 0 N–H and O–H groups in total. The van der Waals surface area contributed by atoms with Crippen molar-refractivity contribution in [1.29, 1.82) is 0 Å². The summed E-state index contributed by atoms with van der Waals surface area (Å²) in [6, 6.07) is 0. The summed E-state index contributed by atoms with van der Waals surface area (Å²) in [7, 11) is 0. The lowest BCUT2D eigenvalue weighted by Gasteiger charge is -2.18. The second-order valence-corrected chi connectivity index (χ2v) is 18.1. The average Bonchev–Trinajstić information content (AvgIpc) is 3.35. The standard InChI is InChI=1S/C63H102O6/c1-4-7-10-13-16-19-22-25-27-29-31-33-35-38-41-44-47-50-53-56-62(65)68-59-60(58-67-61(64)55-52-49-46-43-40-37-24-21-18-15-12-9-6-3)69-63(66)57-54-51-48-45-42-39-36-34-32-30-28-26-23-20-17-14-11-8-5-2/h7,10,16-17,19-21,24-28,31-34,38,41,47,50,60H,4-6,8-9,11-15,18,22-23,29-30,35-37,39-40,42-46,48-49,51-59H2,1-3H3/b10-7-,19-16-,20-17-,24-21-,27-25-,28-26-,33-31-,34-32-,41-38-,50-47-. The minimum Gasteiger partial charge on any atom is -0.462 e. The van der Waals surface area contributed by atoms with E-state index >= 15 is 0 Å². The van der Waals surface area contributed by atoms with Crippen LogP contribution in [-0.2, 0) is 28.6 Å². The molecule has 6 heteroatoms. The van der Waals surface area contributed by atoms with Crippen LogP contribution < -0.4 is 0 Å². The fourth-order valence-corrected chi connectivity index (χ4v) is 7.23. The predicted molar refractivity (Wildman–Crippen MR) is 297 cm³/mol. The Morgan fingerprint density at radius 1 is 0.304 bits per heavy atom. The maximum atomic E-state index is 12.8. The molecule has 0 aromatic carbocycles. The van der Waals surface area contributed by atoms with Crippen LogP contribution in [0.4, 0.5) is 0 Å². The van der Waals surface area contributed by atoms with Gasteiger partial charge in [-0.15, -0.1) is 0 Å². The van der Waals surface area contributed by atoms with E-state index in [2.05, 4.69) is 136 Å². The van der Waals surface area contributed by atoms with Crippen LogP contribution in [0, 0.1) is 0 Å². The van der Waals surface area contributed by atoms with Crippen molar-refractivity contribution >= 4 is 17.9 Å². The molecular formula is C63H102O6. The largest absolute Gasteiger partial charge is 0.462 e. The van der Waals surface area contributed by atoms with Crippen molar-refractivity contribution in [2.45, 2.75) is 245 Å². The summed E-state index contributed by atoms with van der Waals surface area (Å²) < 4.78 is 16.8. The zero-order valence-electron chi connectivity index (χ0n) is 44.5. The van der Waals surface area contributed by atoms with Gasteiger partial charge in [0.2, 0.25) is 0 Å². The first-order valence-corrected chi connectivity index (χ1v) is 28.0. The molecule has 0 heterocycles. The normalized spacial score (nSPS) is 13.0. The van der Waals surface area contributed by atoms with Crippen molar-refractivity contribution in [2.24, 2.45) is 0 Å². The third-order valence-electron chi connectivity index (χ3n) is 11.4. The highest BCUT2D eigenvalue weighted by Crippen LogP contribution is 2.13. The van der Waals surface area contributed by atoms with Gasteiger partial charge in [-0.2, -0.15) is 0 Å². The molecule has 0 aromatic heterocycles. The van der Waals surface area contributed by atoms with E-state index in [4.69, 9.17) is 14.2 Å². The minimum atomic E-state index is -0.823. The molecule has 6 nitrogen and oxygen atoms in total. The highest BCUT2D eigenvalue weighted by atomic mass is 16.6. The molecule has 1 unspecified atom stereocenters. The maximum absolute atomic E-state index is 12.8. The first-order valence-electron chi connectivity index (χ1n) is 28.0. The van der Waals surface area contributed by atoms with Crippen LogP contribution in [0.1, 0.15) is 239 Å². The number of ether oxygens (including phenoxy) is 3. The Morgan fingerprint density at radius 3 is 1.01 bits per heavy atom. The van der Waals surface area contributed by atoms with Crippen LogP contribution in [0.5, 0.6) is 0 Å². The summed E-state index contributed by atoms with van der Waals surface area (Å²) in [5.74, 6) is -1.03. The van der Waals surface area contributed by atoms with Crippen LogP contribution in [0.2, 0.25) is 0 Å². The maximum Gasteiger partial charge on any atom is 0.306 e. The number of hydrogen-bond donors (Lipinski definition) is 0. The summed E-state index contributed by atoms with van der Waals surface area (Å²) in [4.78, 5) is 38.1. The third-order valence-corrected chi connectivity index (χ3v) is 11.4. The van der Waals surface area contributed by atoms with Crippen LogP contribution in [0.25, 0.3) is 0 Å². The average molecular weight is 956 g/mol. The van der Waals surface area contributed by atoms with Crippen molar-refractivity contribution in [1.82, 2.24) is 0 Å². The molecule has 390 valence electrons. The first-order chi connectivity index (χ1) is 34.0. The van der Waals surface area contributed by atoms with E-state index in [-0.39, 0.29) is 37.5 Å². The van der Waals surface area contributed by atoms with Crippen molar-refractivity contribution < 1.29 is 28.6 Å². The summed E-state index contributed by atoms with van der Waals surface area (Å²) in [6.45, 7) is 6.39. The fourth-order valence-electron chi connectivity index (χ4n) is 7.23. The number of allylic oxidation sites excluding steroid dienone is 20. The van der Waals surface area contributed by atoms with Gasteiger partial charge in [0.1, 0.15) is 13.2 Å². The molecular weight excluding hydrogens is 853 g/mol. The molecule has 0 saturated carbocycles. The fraction of sp³-hybridized carbons (Fsp3) is 0.635. The van der Waals surface area contributed by atoms with Crippen LogP contribution in [-0.4, -0.2) is 37.2 Å². The Kier molecular flexibility index (Phi) is 53.0. The number of carbonyl (C=O) groups is 3. The lowest BCUT2D eigenvalue weighted by molar-refractivity contribution is -0.166. The number of rotatable bonds is 49. The Balaban J connectivity index is 4.54. The minimum absolute atomic E-state index is 0.114. The molecule has 0 saturated heterocycles. The van der Waals surface area contributed by atoms with Crippen molar-refractivity contribution in [2.75, 3.05) is 13.2 Å². The zero-order valence-corrected chi connectivity index (χ0v) is 44.5. The lowest BCUT2D eigenvalue weighted by Crippen LogP contribution is -2.30. The molecule has 0 aromatic rings. The van der Waals surface area contributed by atoms with Gasteiger partial charge < -0.3 is 14.2 Å². The third kappa shape index (κ3) is 54.6. The van der Waals surface area contributed by atoms with Crippen molar-refractivity contribution in [3.63, 3.8) is 0 Å². The number of esters is 3. The number of unbranched alkanes of at least 4 members (excludes halogenated alkanes) is 18. The van der Waals surface area contributed by atoms with Crippen molar-refractivity contribution in [3.05, 3.63) is 122 Å². The molecule has 0 aliphatic heterocycles. The van der Waals surface area contributed by atoms with Crippen LogP contribution >= 0.6 is 0 Å². The Morgan fingerprint density at radius 2 is 0.594 bits per heavy atom. The molecule has 0 rings (SSSR count). The van der Waals surface area contributed by atoms with E-state index in [1.807, 2.05) is 6.08 Å². The van der Waals surface area contributed by atoms with E-state index in [0.29, 0.717) is 19.3 Å². The monoisotopic (exact) mass is 955 g/mol. The summed E-state index contributed by atoms with van der Waals surface area (Å²) in [6.07, 6.45) is 77.6. The Labute approximate surface area is 424 Å². The molecule has 69 heavy (non-hydrogen) atoms. The van der Waals surface area contributed by atoms with Crippen LogP contribution in [0.15, 0.2) is 122 Å². The van der Waals surface area contributed by atoms with E-state index in [9.17, 15) is 14.4 Å². The SMILES string of the molecule is CC/C=C\C/C=C\C/C=C\C/C=C\C/C=C\C/C=C\CCC(=O)OCC(COC(=O)CCCCCCC/C=C\CCCCCC)OC(=O)CCCCCCCC/C=C\C/C=C\C/C=C\CCCCC. The molecule has 0 fully saturated rings. The Hall–Kier alpha value is -4.19. The van der Waals surface area contributed by atoms with E-state index in [1.54, 1.807) is 0 Å². The molecule has 1 atom stereocenters. The summed E-state index contributed by atoms with van der Waals surface area (Å²) in [5, 5.41) is 0. The quantitative estimate of drug-likeness (QED) is 0.0262. The molecule has 0 radical (unpaired) electrons. The van der Waals surface area contributed by atoms with Gasteiger partial charge in [0.25, 0.3) is 0 Å². The highest BCUT2D eigenvalue weighted by molar-refractivity contribution is 5.71. The molecule has 0 aliphatic rings. The van der Waals surface area contributed by atoms with E-state index < -0.39 is 6.10 Å². The lowest BCUT2D eigenvalue weighted by atomic mass is 10.1. The summed E-state index contributed by atoms with van der Waals surface area (Å²) >= 11 is 0. The topological polar surface area (TPSA) is 78.9 Å².